The fourth-order valence-corrected chi connectivity index (χ4v) is 9.68. The number of halogens is 8. The number of rotatable bonds is 9. The first kappa shape index (κ1) is 55.1. The molecule has 2 aliphatic heterocycles. The van der Waals surface area contributed by atoms with Crippen LogP contribution >= 0.6 is 28.3 Å². The SMILES string of the molecule is Cc1nc2c(c(=O)n1C(c1ccccc1)c1ccccc1)CN(Cc1ccc(C(F)(F)F)cc1)CC2.Cc1nc2c(c(=O)n1C(c1ccccc1)c1ccccc1)CNCC2.Cl.FC(F)(F)c1ccc(CBr)cc1. The molecule has 0 radical (unpaired) electrons. The molecule has 0 atom stereocenters. The summed E-state index contributed by atoms with van der Waals surface area (Å²) >= 11 is 3.15. The molecule has 16 heteroatoms. The molecule has 2 aromatic heterocycles. The van der Waals surface area contributed by atoms with E-state index >= 15 is 0 Å². The van der Waals surface area contributed by atoms with Crippen molar-refractivity contribution in [2.45, 2.75) is 76.1 Å². The van der Waals surface area contributed by atoms with Crippen LogP contribution < -0.4 is 16.4 Å². The quantitative estimate of drug-likeness (QED) is 0.115. The molecule has 1 N–H and O–H groups in total. The summed E-state index contributed by atoms with van der Waals surface area (Å²) < 4.78 is 78.4. The van der Waals surface area contributed by atoms with E-state index < -0.39 is 23.5 Å². The van der Waals surface area contributed by atoms with Crippen LogP contribution in [0.5, 0.6) is 0 Å². The predicted molar refractivity (Wildman–Crippen MR) is 283 cm³/mol. The van der Waals surface area contributed by atoms with Crippen LogP contribution in [-0.2, 0) is 50.2 Å². The van der Waals surface area contributed by atoms with Gasteiger partial charge in [-0.05, 0) is 71.5 Å². The number of nitrogens with one attached hydrogen (secondary N) is 1. The molecule has 0 spiro atoms. The Morgan fingerprint density at radius 3 is 1.31 bits per heavy atom. The lowest BCUT2D eigenvalue weighted by molar-refractivity contribution is -0.138. The second kappa shape index (κ2) is 24.6. The van der Waals surface area contributed by atoms with Crippen LogP contribution in [-0.4, -0.2) is 37.1 Å². The summed E-state index contributed by atoms with van der Waals surface area (Å²) in [5.74, 6) is 1.43. The Balaban J connectivity index is 0.000000182. The standard InChI is InChI=1S/C29H26F3N3O.C21H21N3O.C8H6BrF3.ClH/c1-20-33-26-16-17-34(18-21-12-14-24(15-13-21)29(30,31)32)19-25(26)28(36)35(20)27(22-8-4-2-5-9-22)23-10-6-3-7-11-23;1-15-23-19-12-13-22-14-18(19)21(25)24(15)20(16-8-4-2-5-9-16)17-10-6-3-7-11-17;9-5-6-1-3-7(4-2-6)8(10,11)12;/h2-15,27H,16-19H2,1H3;2-11,20,22H,12-14H2,1H3;1-4H,5H2;1H. The molecule has 6 aromatic carbocycles. The van der Waals surface area contributed by atoms with E-state index in [2.05, 4.69) is 50.4 Å². The highest BCUT2D eigenvalue weighted by Crippen LogP contribution is 2.32. The largest absolute Gasteiger partial charge is 0.416 e. The summed E-state index contributed by atoms with van der Waals surface area (Å²) in [6.07, 6.45) is -7.15. The Morgan fingerprint density at radius 1 is 0.541 bits per heavy atom. The molecule has 74 heavy (non-hydrogen) atoms. The first-order valence-corrected chi connectivity index (χ1v) is 25.0. The highest BCUT2D eigenvalue weighted by atomic mass is 79.9. The maximum atomic E-state index is 13.9. The molecule has 0 unspecified atom stereocenters. The molecule has 0 fully saturated rings. The number of hydrogen-bond donors (Lipinski definition) is 1. The summed E-state index contributed by atoms with van der Waals surface area (Å²) in [5, 5.41) is 3.87. The van der Waals surface area contributed by atoms with Crippen molar-refractivity contribution in [2.24, 2.45) is 0 Å². The maximum absolute atomic E-state index is 13.9. The van der Waals surface area contributed by atoms with Gasteiger partial charge in [0.05, 0.1) is 45.7 Å². The van der Waals surface area contributed by atoms with Gasteiger partial charge >= 0.3 is 12.4 Å². The van der Waals surface area contributed by atoms with Gasteiger partial charge in [0.15, 0.2) is 0 Å². The van der Waals surface area contributed by atoms with Crippen molar-refractivity contribution in [3.63, 3.8) is 0 Å². The second-order valence-corrected chi connectivity index (χ2v) is 18.4. The average molecular weight is 1100 g/mol. The molecule has 2 aliphatic rings. The molecule has 0 amide bonds. The van der Waals surface area contributed by atoms with Crippen LogP contribution in [0.25, 0.3) is 0 Å². The summed E-state index contributed by atoms with van der Waals surface area (Å²) in [6.45, 7) is 6.83. The normalized spacial score (nSPS) is 13.4. The van der Waals surface area contributed by atoms with Gasteiger partial charge in [0.2, 0.25) is 0 Å². The number of nitrogens with zero attached hydrogens (tertiary/aromatic N) is 5. The zero-order valence-electron chi connectivity index (χ0n) is 40.6. The van der Waals surface area contributed by atoms with Gasteiger partial charge in [0.25, 0.3) is 11.1 Å². The van der Waals surface area contributed by atoms with Crippen molar-refractivity contribution < 1.29 is 26.3 Å². The number of fused-ring (bicyclic) bond motifs is 2. The monoisotopic (exact) mass is 1090 g/mol. The minimum Gasteiger partial charge on any atom is -0.312 e. The van der Waals surface area contributed by atoms with Gasteiger partial charge in [0.1, 0.15) is 11.6 Å². The first-order chi connectivity index (χ1) is 35.1. The smallest absolute Gasteiger partial charge is 0.312 e. The van der Waals surface area contributed by atoms with Crippen molar-refractivity contribution in [1.29, 1.82) is 0 Å². The summed E-state index contributed by atoms with van der Waals surface area (Å²) in [6, 6.07) is 49.9. The van der Waals surface area contributed by atoms with Gasteiger partial charge < -0.3 is 5.32 Å². The highest BCUT2D eigenvalue weighted by molar-refractivity contribution is 9.08. The molecule has 4 heterocycles. The second-order valence-electron chi connectivity index (χ2n) is 17.9. The topological polar surface area (TPSA) is 85.1 Å². The summed E-state index contributed by atoms with van der Waals surface area (Å²) in [4.78, 5) is 39.0. The number of aryl methyl sites for hydroxylation is 2. The predicted octanol–water partition coefficient (Wildman–Crippen LogP) is 12.6. The van der Waals surface area contributed by atoms with Crippen LogP contribution in [0.1, 0.15) is 90.8 Å². The average Bonchev–Trinajstić information content (AvgIpc) is 3.40. The van der Waals surface area contributed by atoms with Crippen molar-refractivity contribution in [3.8, 4) is 0 Å². The summed E-state index contributed by atoms with van der Waals surface area (Å²) in [5.41, 5.74) is 7.69. The minimum absolute atomic E-state index is 0. The first-order valence-electron chi connectivity index (χ1n) is 23.8. The molecular formula is C58H54BrClF6N6O2. The molecule has 0 aliphatic carbocycles. The number of alkyl halides is 7. The van der Waals surface area contributed by atoms with Crippen molar-refractivity contribution in [3.05, 3.63) is 269 Å². The van der Waals surface area contributed by atoms with Gasteiger partial charge in [-0.15, -0.1) is 12.4 Å². The Morgan fingerprint density at radius 2 is 0.919 bits per heavy atom. The van der Waals surface area contributed by atoms with Gasteiger partial charge in [-0.1, -0.05) is 162 Å². The van der Waals surface area contributed by atoms with Crippen LogP contribution in [0.3, 0.4) is 0 Å². The third-order valence-corrected chi connectivity index (χ3v) is 13.6. The van der Waals surface area contributed by atoms with E-state index in [0.717, 1.165) is 93.4 Å². The fourth-order valence-electron chi connectivity index (χ4n) is 9.31. The Bertz CT molecular complexity index is 3140. The fraction of sp³-hybridized carbons (Fsp3) is 0.241. The Kier molecular flexibility index (Phi) is 18.3. The molecule has 384 valence electrons. The Hall–Kier alpha value is -6.65. The van der Waals surface area contributed by atoms with E-state index in [4.69, 9.17) is 9.97 Å². The molecule has 8 nitrogen and oxygen atoms in total. The summed E-state index contributed by atoms with van der Waals surface area (Å²) in [7, 11) is 0. The van der Waals surface area contributed by atoms with Crippen LogP contribution in [0.2, 0.25) is 0 Å². The molecule has 0 saturated heterocycles. The lowest BCUT2D eigenvalue weighted by Gasteiger charge is -2.30. The van der Waals surface area contributed by atoms with Gasteiger partial charge in [-0.2, -0.15) is 26.3 Å². The molecule has 10 rings (SSSR count). The van der Waals surface area contributed by atoms with E-state index in [9.17, 15) is 35.9 Å². The van der Waals surface area contributed by atoms with Crippen molar-refractivity contribution in [1.82, 2.24) is 29.3 Å². The molecule has 8 aromatic rings. The van der Waals surface area contributed by atoms with E-state index in [1.54, 1.807) is 4.57 Å². The zero-order valence-corrected chi connectivity index (χ0v) is 43.0. The third kappa shape index (κ3) is 13.2. The van der Waals surface area contributed by atoms with E-state index in [0.29, 0.717) is 49.3 Å². The molecule has 0 saturated carbocycles. The van der Waals surface area contributed by atoms with Gasteiger partial charge in [-0.3, -0.25) is 23.6 Å². The minimum atomic E-state index is -4.36. The highest BCUT2D eigenvalue weighted by Gasteiger charge is 2.32. The molecule has 0 bridgehead atoms. The van der Waals surface area contributed by atoms with Crippen molar-refractivity contribution >= 4 is 28.3 Å². The Labute approximate surface area is 440 Å². The number of hydrogen-bond acceptors (Lipinski definition) is 6. The lowest BCUT2D eigenvalue weighted by Crippen LogP contribution is -2.40. The maximum Gasteiger partial charge on any atom is 0.416 e. The van der Waals surface area contributed by atoms with Gasteiger partial charge in [-0.25, -0.2) is 9.97 Å². The lowest BCUT2D eigenvalue weighted by atomic mass is 9.97. The zero-order chi connectivity index (χ0) is 51.7. The van der Waals surface area contributed by atoms with E-state index in [1.165, 1.54) is 24.3 Å². The van der Waals surface area contributed by atoms with Gasteiger partial charge in [0, 0.05) is 50.9 Å². The number of aromatic nitrogens is 4. The van der Waals surface area contributed by atoms with Crippen molar-refractivity contribution in [2.75, 3.05) is 13.1 Å². The van der Waals surface area contributed by atoms with Crippen LogP contribution in [0.4, 0.5) is 26.3 Å². The van der Waals surface area contributed by atoms with Crippen LogP contribution in [0, 0.1) is 13.8 Å². The molecular weight excluding hydrogens is 1040 g/mol. The number of benzene rings is 6. The van der Waals surface area contributed by atoms with E-state index in [-0.39, 0.29) is 35.6 Å². The van der Waals surface area contributed by atoms with E-state index in [1.807, 2.05) is 115 Å². The van der Waals surface area contributed by atoms with Crippen LogP contribution in [0.15, 0.2) is 179 Å². The third-order valence-electron chi connectivity index (χ3n) is 12.9.